The molecule has 26 heavy (non-hydrogen) atoms. The van der Waals surface area contributed by atoms with Gasteiger partial charge in [-0.2, -0.15) is 0 Å². The summed E-state index contributed by atoms with van der Waals surface area (Å²) < 4.78 is 5.84. The molecule has 4 rings (SSSR count). The van der Waals surface area contributed by atoms with Crippen molar-refractivity contribution in [2.75, 3.05) is 0 Å². The van der Waals surface area contributed by atoms with E-state index in [1.54, 1.807) is 12.4 Å². The highest BCUT2D eigenvalue weighted by atomic mass is 16.5. The summed E-state index contributed by atoms with van der Waals surface area (Å²) in [7, 11) is 0. The van der Waals surface area contributed by atoms with Gasteiger partial charge in [-0.1, -0.05) is 36.4 Å². The van der Waals surface area contributed by atoms with E-state index in [4.69, 9.17) is 4.74 Å². The van der Waals surface area contributed by atoms with Gasteiger partial charge in [-0.15, -0.1) is 0 Å². The molecule has 132 valence electrons. The minimum atomic E-state index is 0.461. The van der Waals surface area contributed by atoms with Crippen molar-refractivity contribution in [3.8, 4) is 5.75 Å². The fourth-order valence-electron chi connectivity index (χ4n) is 3.56. The summed E-state index contributed by atoms with van der Waals surface area (Å²) in [6, 6.07) is 21.6. The minimum absolute atomic E-state index is 0.461. The van der Waals surface area contributed by atoms with E-state index in [1.165, 1.54) is 36.0 Å². The maximum atomic E-state index is 5.84. The predicted molar refractivity (Wildman–Crippen MR) is 104 cm³/mol. The number of fused-ring (bicyclic) bond motifs is 1. The van der Waals surface area contributed by atoms with Gasteiger partial charge in [0.2, 0.25) is 0 Å². The first-order valence-corrected chi connectivity index (χ1v) is 9.30. The molecule has 0 radical (unpaired) electrons. The van der Waals surface area contributed by atoms with E-state index in [2.05, 4.69) is 46.7 Å². The smallest absolute Gasteiger partial charge is 0.119 e. The third-order valence-electron chi connectivity index (χ3n) is 5.00. The summed E-state index contributed by atoms with van der Waals surface area (Å²) in [4.78, 5) is 4.02. The molecular weight excluding hydrogens is 320 g/mol. The number of pyridine rings is 1. The van der Waals surface area contributed by atoms with Crippen LogP contribution in [0.25, 0.3) is 0 Å². The van der Waals surface area contributed by atoms with Gasteiger partial charge in [0, 0.05) is 25.0 Å². The maximum Gasteiger partial charge on any atom is 0.119 e. The fourth-order valence-corrected chi connectivity index (χ4v) is 3.56. The maximum absolute atomic E-state index is 5.84. The van der Waals surface area contributed by atoms with Crippen LogP contribution in [0.1, 0.15) is 41.1 Å². The summed E-state index contributed by atoms with van der Waals surface area (Å²) in [5, 5.41) is 3.72. The van der Waals surface area contributed by atoms with Crippen molar-refractivity contribution in [1.82, 2.24) is 10.3 Å². The lowest BCUT2D eigenvalue weighted by atomic mass is 9.87. The highest BCUT2D eigenvalue weighted by Crippen LogP contribution is 2.29. The van der Waals surface area contributed by atoms with Crippen LogP contribution in [0.15, 0.2) is 73.1 Å². The highest BCUT2D eigenvalue weighted by Gasteiger charge is 2.18. The van der Waals surface area contributed by atoms with Crippen molar-refractivity contribution in [3.05, 3.63) is 95.3 Å². The van der Waals surface area contributed by atoms with E-state index in [1.807, 2.05) is 24.3 Å². The van der Waals surface area contributed by atoms with E-state index in [9.17, 15) is 0 Å². The van der Waals surface area contributed by atoms with E-state index in [-0.39, 0.29) is 0 Å². The Balaban J connectivity index is 1.32. The Labute approximate surface area is 155 Å². The molecule has 3 nitrogen and oxygen atoms in total. The zero-order chi connectivity index (χ0) is 17.6. The number of hydrogen-bond donors (Lipinski definition) is 1. The predicted octanol–water partition coefficient (Wildman–Crippen LogP) is 4.83. The van der Waals surface area contributed by atoms with E-state index >= 15 is 0 Å². The molecule has 1 N–H and O–H groups in total. The normalized spacial score (nSPS) is 16.1. The zero-order valence-corrected chi connectivity index (χ0v) is 14.9. The molecule has 2 aromatic carbocycles. The molecule has 1 unspecified atom stereocenters. The van der Waals surface area contributed by atoms with Gasteiger partial charge in [0.25, 0.3) is 0 Å². The van der Waals surface area contributed by atoms with Crippen LogP contribution >= 0.6 is 0 Å². The van der Waals surface area contributed by atoms with Crippen LogP contribution in [0.5, 0.6) is 5.75 Å². The molecule has 3 aromatic rings. The van der Waals surface area contributed by atoms with Gasteiger partial charge in [-0.25, -0.2) is 0 Å². The number of aryl methyl sites for hydroxylation is 1. The fraction of sp³-hybridized carbons (Fsp3) is 0.261. The van der Waals surface area contributed by atoms with Crippen LogP contribution in [0.2, 0.25) is 0 Å². The minimum Gasteiger partial charge on any atom is -0.489 e. The molecule has 1 heterocycles. The molecule has 1 atom stereocenters. The molecular formula is C23H24N2O. The summed E-state index contributed by atoms with van der Waals surface area (Å²) >= 11 is 0. The second-order valence-corrected chi connectivity index (χ2v) is 6.81. The zero-order valence-electron chi connectivity index (χ0n) is 14.9. The third kappa shape index (κ3) is 4.12. The number of hydrogen-bond acceptors (Lipinski definition) is 3. The molecule has 1 aromatic heterocycles. The summed E-state index contributed by atoms with van der Waals surface area (Å²) in [6.45, 7) is 1.45. The first-order valence-electron chi connectivity index (χ1n) is 9.30. The lowest BCUT2D eigenvalue weighted by molar-refractivity contribution is 0.306. The van der Waals surface area contributed by atoms with Crippen molar-refractivity contribution in [2.45, 2.75) is 38.5 Å². The average molecular weight is 344 g/mol. The van der Waals surface area contributed by atoms with E-state index < -0.39 is 0 Å². The van der Waals surface area contributed by atoms with E-state index in [0.717, 1.165) is 17.9 Å². The molecule has 3 heteroatoms. The Morgan fingerprint density at radius 1 is 0.923 bits per heavy atom. The second kappa shape index (κ2) is 8.15. The van der Waals surface area contributed by atoms with Crippen molar-refractivity contribution in [2.24, 2.45) is 0 Å². The lowest BCUT2D eigenvalue weighted by Crippen LogP contribution is -2.24. The van der Waals surface area contributed by atoms with Crippen molar-refractivity contribution in [3.63, 3.8) is 0 Å². The summed E-state index contributed by atoms with van der Waals surface area (Å²) in [5.74, 6) is 0.897. The average Bonchev–Trinajstić information content (AvgIpc) is 2.72. The molecule has 0 fully saturated rings. The van der Waals surface area contributed by atoms with Crippen molar-refractivity contribution < 1.29 is 4.74 Å². The Hall–Kier alpha value is -2.65. The van der Waals surface area contributed by atoms with Crippen molar-refractivity contribution in [1.29, 1.82) is 0 Å². The largest absolute Gasteiger partial charge is 0.489 e. The molecule has 0 saturated carbocycles. The Morgan fingerprint density at radius 2 is 1.73 bits per heavy atom. The van der Waals surface area contributed by atoms with E-state index in [0.29, 0.717) is 12.6 Å². The topological polar surface area (TPSA) is 34.1 Å². The van der Waals surface area contributed by atoms with Crippen LogP contribution < -0.4 is 10.1 Å². The SMILES string of the molecule is c1ccc2c(c1)CCCC2NCc1ccc(OCc2ccncc2)cc1. The molecule has 0 aliphatic heterocycles. The number of benzene rings is 2. The van der Waals surface area contributed by atoms with Gasteiger partial charge >= 0.3 is 0 Å². The van der Waals surface area contributed by atoms with Crippen LogP contribution in [0.3, 0.4) is 0 Å². The van der Waals surface area contributed by atoms with Gasteiger partial charge in [0.15, 0.2) is 0 Å². The summed E-state index contributed by atoms with van der Waals surface area (Å²) in [5.41, 5.74) is 5.37. The van der Waals surface area contributed by atoms with Gasteiger partial charge in [0.1, 0.15) is 12.4 Å². The second-order valence-electron chi connectivity index (χ2n) is 6.81. The number of aromatic nitrogens is 1. The standard InChI is InChI=1S/C23H24N2O/c1-2-6-22-20(4-1)5-3-7-23(22)25-16-18-8-10-21(11-9-18)26-17-19-12-14-24-15-13-19/h1-2,4,6,8-15,23,25H,3,5,7,16-17H2. The molecule has 0 amide bonds. The third-order valence-corrected chi connectivity index (χ3v) is 5.00. The Kier molecular flexibility index (Phi) is 5.27. The van der Waals surface area contributed by atoms with Crippen molar-refractivity contribution >= 4 is 0 Å². The van der Waals surface area contributed by atoms with Crippen LogP contribution in [0, 0.1) is 0 Å². The van der Waals surface area contributed by atoms with Gasteiger partial charge in [0.05, 0.1) is 0 Å². The van der Waals surface area contributed by atoms with Crippen LogP contribution in [0.4, 0.5) is 0 Å². The molecule has 1 aliphatic rings. The first-order chi connectivity index (χ1) is 12.9. The van der Waals surface area contributed by atoms with Gasteiger partial charge in [-0.05, 0) is 65.8 Å². The van der Waals surface area contributed by atoms with Crippen LogP contribution in [-0.4, -0.2) is 4.98 Å². The molecule has 0 spiro atoms. The molecule has 0 saturated heterocycles. The molecule has 0 bridgehead atoms. The number of nitrogens with one attached hydrogen (secondary N) is 1. The first kappa shape index (κ1) is 16.8. The quantitative estimate of drug-likeness (QED) is 0.695. The van der Waals surface area contributed by atoms with Gasteiger partial charge in [-0.3, -0.25) is 4.98 Å². The Bertz CT molecular complexity index is 830. The number of nitrogens with zero attached hydrogens (tertiary/aromatic N) is 1. The lowest BCUT2D eigenvalue weighted by Gasteiger charge is -2.26. The summed E-state index contributed by atoms with van der Waals surface area (Å²) in [6.07, 6.45) is 7.26. The monoisotopic (exact) mass is 344 g/mol. The number of rotatable bonds is 6. The Morgan fingerprint density at radius 3 is 2.58 bits per heavy atom. The molecule has 1 aliphatic carbocycles. The highest BCUT2D eigenvalue weighted by molar-refractivity contribution is 5.33. The number of ether oxygens (including phenoxy) is 1. The van der Waals surface area contributed by atoms with Gasteiger partial charge < -0.3 is 10.1 Å². The van der Waals surface area contributed by atoms with Crippen LogP contribution in [-0.2, 0) is 19.6 Å².